The molecule has 0 aliphatic carbocycles. The lowest BCUT2D eigenvalue weighted by atomic mass is 10.2. The monoisotopic (exact) mass is 470 g/mol. The zero-order chi connectivity index (χ0) is 12.4. The van der Waals surface area contributed by atoms with E-state index in [1.807, 2.05) is 36.4 Å². The van der Waals surface area contributed by atoms with Gasteiger partial charge in [0.15, 0.2) is 0 Å². The molecule has 2 aromatic carbocycles. The second-order valence-electron chi connectivity index (χ2n) is 3.48. The maximum Gasteiger partial charge on any atom is 0.0651 e. The normalized spacial score (nSPS) is 10.3. The molecule has 0 bridgehead atoms. The average Bonchev–Trinajstić information content (AvgIpc) is 2.25. The Balaban J connectivity index is 2.31. The highest BCUT2D eigenvalue weighted by molar-refractivity contribution is 14.1. The van der Waals surface area contributed by atoms with Crippen LogP contribution in [0.2, 0.25) is 5.02 Å². The molecule has 0 unspecified atom stereocenters. The number of nitrogens with one attached hydrogen (secondary N) is 1. The second kappa shape index (κ2) is 5.62. The number of nitrogens with two attached hydrogens (primary N) is 1. The van der Waals surface area contributed by atoms with E-state index in [1.54, 1.807) is 0 Å². The van der Waals surface area contributed by atoms with Crippen molar-refractivity contribution in [3.63, 3.8) is 0 Å². The number of hydrogen-bond acceptors (Lipinski definition) is 2. The second-order valence-corrected chi connectivity index (χ2v) is 6.38. The van der Waals surface area contributed by atoms with E-state index in [-0.39, 0.29) is 0 Å². The summed E-state index contributed by atoms with van der Waals surface area (Å²) in [6.07, 6.45) is 0. The van der Waals surface area contributed by atoms with Crippen LogP contribution in [0.25, 0.3) is 0 Å². The van der Waals surface area contributed by atoms with Gasteiger partial charge < -0.3 is 11.1 Å². The van der Waals surface area contributed by atoms with Crippen molar-refractivity contribution >= 4 is 73.8 Å². The zero-order valence-electron chi connectivity index (χ0n) is 8.68. The van der Waals surface area contributed by atoms with Crippen LogP contribution in [-0.4, -0.2) is 0 Å². The van der Waals surface area contributed by atoms with E-state index >= 15 is 0 Å². The molecular formula is C12H9ClI2N2. The molecule has 0 amide bonds. The summed E-state index contributed by atoms with van der Waals surface area (Å²) in [4.78, 5) is 0. The predicted molar refractivity (Wildman–Crippen MR) is 91.0 cm³/mol. The topological polar surface area (TPSA) is 38.0 Å². The van der Waals surface area contributed by atoms with Crippen molar-refractivity contribution in [1.29, 1.82) is 0 Å². The molecule has 2 nitrogen and oxygen atoms in total. The summed E-state index contributed by atoms with van der Waals surface area (Å²) in [6.45, 7) is 0. The Morgan fingerprint density at radius 3 is 2.12 bits per heavy atom. The molecule has 0 aliphatic rings. The molecule has 0 fully saturated rings. The van der Waals surface area contributed by atoms with E-state index in [9.17, 15) is 0 Å². The van der Waals surface area contributed by atoms with Gasteiger partial charge in [-0.3, -0.25) is 0 Å². The number of nitrogen functional groups attached to an aromatic ring is 1. The molecular weight excluding hydrogens is 461 g/mol. The Morgan fingerprint density at radius 1 is 0.941 bits per heavy atom. The van der Waals surface area contributed by atoms with Gasteiger partial charge in [0.05, 0.1) is 22.1 Å². The van der Waals surface area contributed by atoms with E-state index in [0.717, 1.165) is 18.5 Å². The third-order valence-electron chi connectivity index (χ3n) is 2.21. The summed E-state index contributed by atoms with van der Waals surface area (Å²) in [6, 6.07) is 11.7. The van der Waals surface area contributed by atoms with Crippen molar-refractivity contribution in [3.05, 3.63) is 48.6 Å². The van der Waals surface area contributed by atoms with Gasteiger partial charge in [0.2, 0.25) is 0 Å². The van der Waals surface area contributed by atoms with Crippen LogP contribution >= 0.6 is 56.8 Å². The summed E-state index contributed by atoms with van der Waals surface area (Å²) >= 11 is 10.6. The highest BCUT2D eigenvalue weighted by atomic mass is 127. The van der Waals surface area contributed by atoms with Crippen LogP contribution < -0.4 is 11.1 Å². The molecule has 0 saturated carbocycles. The Labute approximate surface area is 132 Å². The number of hydrogen-bond donors (Lipinski definition) is 2. The van der Waals surface area contributed by atoms with Gasteiger partial charge in [-0.1, -0.05) is 11.6 Å². The molecule has 0 saturated heterocycles. The van der Waals surface area contributed by atoms with E-state index in [2.05, 4.69) is 50.5 Å². The molecule has 5 heteroatoms. The molecule has 0 aliphatic heterocycles. The smallest absolute Gasteiger partial charge is 0.0651 e. The van der Waals surface area contributed by atoms with Crippen molar-refractivity contribution in [3.8, 4) is 0 Å². The standard InChI is InChI=1S/C12H9ClI2N2/c13-9-5-7(14)1-3-11(9)17-12-4-2-8(15)6-10(12)16/h1-6,17H,16H2. The molecule has 2 aromatic rings. The van der Waals surface area contributed by atoms with Crippen LogP contribution in [0.5, 0.6) is 0 Å². The average molecular weight is 470 g/mol. The molecule has 0 atom stereocenters. The fourth-order valence-electron chi connectivity index (χ4n) is 1.38. The van der Waals surface area contributed by atoms with Gasteiger partial charge in [-0.2, -0.15) is 0 Å². The van der Waals surface area contributed by atoms with Crippen LogP contribution in [0, 0.1) is 7.14 Å². The van der Waals surface area contributed by atoms with E-state index in [4.69, 9.17) is 17.3 Å². The first-order valence-corrected chi connectivity index (χ1v) is 7.37. The quantitative estimate of drug-likeness (QED) is 0.485. The molecule has 88 valence electrons. The highest BCUT2D eigenvalue weighted by Crippen LogP contribution is 2.30. The molecule has 0 heterocycles. The Kier molecular flexibility index (Phi) is 4.37. The Hall–Kier alpha value is -0.210. The Bertz CT molecular complexity index is 509. The number of benzene rings is 2. The minimum absolute atomic E-state index is 0.690. The molecule has 0 aromatic heterocycles. The minimum Gasteiger partial charge on any atom is -0.397 e. The SMILES string of the molecule is Nc1cc(I)ccc1Nc1ccc(I)cc1Cl. The van der Waals surface area contributed by atoms with Crippen molar-refractivity contribution < 1.29 is 0 Å². The fraction of sp³-hybridized carbons (Fsp3) is 0. The van der Waals surface area contributed by atoms with Crippen LogP contribution in [0.4, 0.5) is 17.1 Å². The molecule has 0 radical (unpaired) electrons. The maximum absolute atomic E-state index is 6.15. The van der Waals surface area contributed by atoms with E-state index < -0.39 is 0 Å². The van der Waals surface area contributed by atoms with Gasteiger partial charge >= 0.3 is 0 Å². The van der Waals surface area contributed by atoms with Gasteiger partial charge in [0.1, 0.15) is 0 Å². The van der Waals surface area contributed by atoms with Crippen LogP contribution in [0.1, 0.15) is 0 Å². The molecule has 3 N–H and O–H groups in total. The predicted octanol–water partition coefficient (Wildman–Crippen LogP) is 4.88. The zero-order valence-corrected chi connectivity index (χ0v) is 13.7. The Morgan fingerprint density at radius 2 is 1.53 bits per heavy atom. The molecule has 0 spiro atoms. The van der Waals surface area contributed by atoms with E-state index in [0.29, 0.717) is 10.7 Å². The van der Waals surface area contributed by atoms with Gasteiger partial charge in [-0.15, -0.1) is 0 Å². The third kappa shape index (κ3) is 3.38. The lowest BCUT2D eigenvalue weighted by Crippen LogP contribution is -1.97. The number of halogens is 3. The van der Waals surface area contributed by atoms with Crippen LogP contribution in [0.3, 0.4) is 0 Å². The van der Waals surface area contributed by atoms with Gasteiger partial charge in [0, 0.05) is 7.14 Å². The van der Waals surface area contributed by atoms with Gasteiger partial charge in [0.25, 0.3) is 0 Å². The number of anilines is 3. The summed E-state index contributed by atoms with van der Waals surface area (Å²) in [5.74, 6) is 0. The number of rotatable bonds is 2. The maximum atomic E-state index is 6.15. The lowest BCUT2D eigenvalue weighted by molar-refractivity contribution is 1.52. The van der Waals surface area contributed by atoms with Crippen LogP contribution in [0.15, 0.2) is 36.4 Å². The first-order chi connectivity index (χ1) is 8.06. The minimum atomic E-state index is 0.690. The summed E-state index contributed by atoms with van der Waals surface area (Å²) < 4.78 is 2.22. The van der Waals surface area contributed by atoms with Crippen LogP contribution in [-0.2, 0) is 0 Å². The highest BCUT2D eigenvalue weighted by Gasteiger charge is 2.04. The van der Waals surface area contributed by atoms with Crippen molar-refractivity contribution in [2.75, 3.05) is 11.1 Å². The largest absolute Gasteiger partial charge is 0.397 e. The lowest BCUT2D eigenvalue weighted by Gasteiger charge is -2.11. The summed E-state index contributed by atoms with van der Waals surface area (Å²) in [5, 5.41) is 3.92. The molecule has 17 heavy (non-hydrogen) atoms. The van der Waals surface area contributed by atoms with Crippen molar-refractivity contribution in [1.82, 2.24) is 0 Å². The first-order valence-electron chi connectivity index (χ1n) is 4.83. The summed E-state index contributed by atoms with van der Waals surface area (Å²) in [7, 11) is 0. The van der Waals surface area contributed by atoms with Gasteiger partial charge in [-0.25, -0.2) is 0 Å². The van der Waals surface area contributed by atoms with Gasteiger partial charge in [-0.05, 0) is 81.6 Å². The molecule has 2 rings (SSSR count). The fourth-order valence-corrected chi connectivity index (χ4v) is 2.80. The van der Waals surface area contributed by atoms with Crippen molar-refractivity contribution in [2.45, 2.75) is 0 Å². The first kappa shape index (κ1) is 13.2. The van der Waals surface area contributed by atoms with Crippen molar-refractivity contribution in [2.24, 2.45) is 0 Å². The third-order valence-corrected chi connectivity index (χ3v) is 3.87. The summed E-state index contributed by atoms with van der Waals surface area (Å²) in [5.41, 5.74) is 8.38. The van der Waals surface area contributed by atoms with E-state index in [1.165, 1.54) is 0 Å².